The molecule has 120 valence electrons. The highest BCUT2D eigenvalue weighted by atomic mass is 32.2. The summed E-state index contributed by atoms with van der Waals surface area (Å²) in [5.41, 5.74) is 1.06. The van der Waals surface area contributed by atoms with Gasteiger partial charge in [0.1, 0.15) is 0 Å². The van der Waals surface area contributed by atoms with Crippen LogP contribution in [0.25, 0.3) is 0 Å². The van der Waals surface area contributed by atoms with Crippen molar-refractivity contribution in [3.05, 3.63) is 12.4 Å². The van der Waals surface area contributed by atoms with Crippen LogP contribution in [0.15, 0.2) is 12.4 Å². The van der Waals surface area contributed by atoms with Crippen molar-refractivity contribution < 1.29 is 8.42 Å². The van der Waals surface area contributed by atoms with Gasteiger partial charge >= 0.3 is 0 Å². The van der Waals surface area contributed by atoms with Gasteiger partial charge in [-0.1, -0.05) is 6.92 Å². The van der Waals surface area contributed by atoms with Crippen molar-refractivity contribution in [3.63, 3.8) is 0 Å². The van der Waals surface area contributed by atoms with Crippen LogP contribution in [0.5, 0.6) is 0 Å². The normalized spacial score (nSPS) is 18.0. The Labute approximate surface area is 127 Å². The van der Waals surface area contributed by atoms with Crippen LogP contribution in [0.3, 0.4) is 0 Å². The highest BCUT2D eigenvalue weighted by molar-refractivity contribution is 7.87. The lowest BCUT2D eigenvalue weighted by atomic mass is 10.1. The summed E-state index contributed by atoms with van der Waals surface area (Å²) in [5, 5.41) is 4.39. The van der Waals surface area contributed by atoms with Crippen LogP contribution in [-0.4, -0.2) is 56.2 Å². The number of piperidine rings is 1. The number of anilines is 1. The summed E-state index contributed by atoms with van der Waals surface area (Å²) < 4.78 is 30.2. The Kier molecular flexibility index (Phi) is 5.23. The molecule has 0 aromatic carbocycles. The number of nitrogens with zero attached hydrogens (tertiary/aromatic N) is 4. The summed E-state index contributed by atoms with van der Waals surface area (Å²) in [6.07, 6.45) is 6.25. The van der Waals surface area contributed by atoms with E-state index in [2.05, 4.69) is 9.82 Å². The summed E-state index contributed by atoms with van der Waals surface area (Å²) in [6.45, 7) is 3.53. The summed E-state index contributed by atoms with van der Waals surface area (Å²) in [4.78, 5) is 2.01. The van der Waals surface area contributed by atoms with Crippen LogP contribution >= 0.6 is 0 Å². The van der Waals surface area contributed by atoms with E-state index in [1.807, 2.05) is 43.0 Å². The van der Waals surface area contributed by atoms with Crippen molar-refractivity contribution in [2.75, 3.05) is 38.6 Å². The molecule has 0 saturated carbocycles. The van der Waals surface area contributed by atoms with E-state index in [0.717, 1.165) is 24.9 Å². The van der Waals surface area contributed by atoms with Crippen LogP contribution in [0.1, 0.15) is 32.2 Å². The first-order valence-electron chi connectivity index (χ1n) is 7.40. The van der Waals surface area contributed by atoms with Crippen LogP contribution in [-0.2, 0) is 10.2 Å². The maximum Gasteiger partial charge on any atom is 0.279 e. The second kappa shape index (κ2) is 6.76. The number of nitrogens with one attached hydrogen (secondary N) is 1. The SMILES string of the molecule is CCCNS(=O)(=O)N1CCC(n2cc(N(C)C)cn2)CC1. The van der Waals surface area contributed by atoms with Gasteiger partial charge in [-0.25, -0.2) is 4.72 Å². The van der Waals surface area contributed by atoms with Gasteiger partial charge in [0, 0.05) is 39.9 Å². The van der Waals surface area contributed by atoms with Gasteiger partial charge in [-0.15, -0.1) is 0 Å². The lowest BCUT2D eigenvalue weighted by Gasteiger charge is -2.31. The zero-order valence-electron chi connectivity index (χ0n) is 13.0. The fourth-order valence-corrected chi connectivity index (χ4v) is 3.76. The summed E-state index contributed by atoms with van der Waals surface area (Å²) in [7, 11) is 0.650. The molecule has 1 aromatic heterocycles. The van der Waals surface area contributed by atoms with Gasteiger partial charge < -0.3 is 4.90 Å². The Morgan fingerprint density at radius 3 is 2.57 bits per heavy atom. The molecule has 7 nitrogen and oxygen atoms in total. The third-order valence-corrected chi connectivity index (χ3v) is 5.39. The second-order valence-electron chi connectivity index (χ2n) is 5.60. The smallest absolute Gasteiger partial charge is 0.279 e. The number of aromatic nitrogens is 2. The molecular weight excluding hydrogens is 290 g/mol. The zero-order chi connectivity index (χ0) is 15.5. The maximum absolute atomic E-state index is 12.1. The van der Waals surface area contributed by atoms with Crippen LogP contribution in [0.4, 0.5) is 5.69 Å². The van der Waals surface area contributed by atoms with E-state index in [0.29, 0.717) is 19.6 Å². The quantitative estimate of drug-likeness (QED) is 0.844. The largest absolute Gasteiger partial charge is 0.375 e. The summed E-state index contributed by atoms with van der Waals surface area (Å²) in [5.74, 6) is 0. The van der Waals surface area contributed by atoms with Crippen molar-refractivity contribution >= 4 is 15.9 Å². The molecule has 0 radical (unpaired) electrons. The highest BCUT2D eigenvalue weighted by Gasteiger charge is 2.28. The van der Waals surface area contributed by atoms with Crippen LogP contribution in [0.2, 0.25) is 0 Å². The van der Waals surface area contributed by atoms with Gasteiger partial charge in [0.2, 0.25) is 0 Å². The number of rotatable bonds is 6. The molecule has 1 fully saturated rings. The Hall–Kier alpha value is -1.12. The van der Waals surface area contributed by atoms with E-state index in [1.165, 1.54) is 4.31 Å². The molecule has 1 aliphatic rings. The van der Waals surface area contributed by atoms with E-state index in [-0.39, 0.29) is 6.04 Å². The van der Waals surface area contributed by atoms with Crippen molar-refractivity contribution in [1.29, 1.82) is 0 Å². The first-order chi connectivity index (χ1) is 9.94. The highest BCUT2D eigenvalue weighted by Crippen LogP contribution is 2.24. The maximum atomic E-state index is 12.1. The molecule has 1 saturated heterocycles. The van der Waals surface area contributed by atoms with E-state index in [1.54, 1.807) is 0 Å². The zero-order valence-corrected chi connectivity index (χ0v) is 13.8. The molecule has 1 aliphatic heterocycles. The van der Waals surface area contributed by atoms with Gasteiger partial charge in [-0.3, -0.25) is 4.68 Å². The fourth-order valence-electron chi connectivity index (χ4n) is 2.43. The molecule has 0 aliphatic carbocycles. The van der Waals surface area contributed by atoms with Crippen molar-refractivity contribution in [3.8, 4) is 0 Å². The fraction of sp³-hybridized carbons (Fsp3) is 0.769. The minimum absolute atomic E-state index is 0.274. The van der Waals surface area contributed by atoms with Gasteiger partial charge in [0.15, 0.2) is 0 Å². The van der Waals surface area contributed by atoms with Crippen molar-refractivity contribution in [2.24, 2.45) is 0 Å². The summed E-state index contributed by atoms with van der Waals surface area (Å²) >= 11 is 0. The molecule has 2 rings (SSSR count). The molecular formula is C13H25N5O2S. The third kappa shape index (κ3) is 3.96. The molecule has 0 bridgehead atoms. The predicted molar refractivity (Wildman–Crippen MR) is 83.6 cm³/mol. The lowest BCUT2D eigenvalue weighted by Crippen LogP contribution is -2.45. The van der Waals surface area contributed by atoms with Crippen LogP contribution in [0, 0.1) is 0 Å². The minimum atomic E-state index is -3.31. The molecule has 1 aromatic rings. The van der Waals surface area contributed by atoms with Gasteiger partial charge in [0.05, 0.1) is 17.9 Å². The topological polar surface area (TPSA) is 70.5 Å². The summed E-state index contributed by atoms with van der Waals surface area (Å²) in [6, 6.07) is 0.274. The molecule has 0 unspecified atom stereocenters. The van der Waals surface area contributed by atoms with E-state index < -0.39 is 10.2 Å². The van der Waals surface area contributed by atoms with Gasteiger partial charge in [0.25, 0.3) is 10.2 Å². The Bertz CT molecular complexity index is 547. The van der Waals surface area contributed by atoms with Crippen molar-refractivity contribution in [2.45, 2.75) is 32.2 Å². The molecule has 21 heavy (non-hydrogen) atoms. The van der Waals surface area contributed by atoms with E-state index in [4.69, 9.17) is 0 Å². The third-order valence-electron chi connectivity index (χ3n) is 3.78. The van der Waals surface area contributed by atoms with Crippen molar-refractivity contribution in [1.82, 2.24) is 18.8 Å². The van der Waals surface area contributed by atoms with E-state index in [9.17, 15) is 8.42 Å². The first-order valence-corrected chi connectivity index (χ1v) is 8.84. The molecule has 2 heterocycles. The Morgan fingerprint density at radius 1 is 1.38 bits per heavy atom. The lowest BCUT2D eigenvalue weighted by molar-refractivity contribution is 0.259. The molecule has 0 spiro atoms. The molecule has 0 atom stereocenters. The average molecular weight is 315 g/mol. The van der Waals surface area contributed by atoms with E-state index >= 15 is 0 Å². The van der Waals surface area contributed by atoms with Crippen LogP contribution < -0.4 is 9.62 Å². The Balaban J connectivity index is 1.93. The number of hydrogen-bond donors (Lipinski definition) is 1. The average Bonchev–Trinajstić information content (AvgIpc) is 2.95. The molecule has 8 heteroatoms. The van der Waals surface area contributed by atoms with Gasteiger partial charge in [-0.2, -0.15) is 17.8 Å². The number of hydrogen-bond acceptors (Lipinski definition) is 4. The molecule has 0 amide bonds. The second-order valence-corrected chi connectivity index (χ2v) is 7.36. The van der Waals surface area contributed by atoms with Gasteiger partial charge in [-0.05, 0) is 19.3 Å². The predicted octanol–water partition coefficient (Wildman–Crippen LogP) is 0.830. The molecule has 1 N–H and O–H groups in total. The minimum Gasteiger partial charge on any atom is -0.375 e. The first kappa shape index (κ1) is 16.3. The Morgan fingerprint density at radius 2 is 2.05 bits per heavy atom. The standard InChI is InChI=1S/C13H25N5O2S/c1-4-7-15-21(19,20)17-8-5-12(6-9-17)18-11-13(10-14-18)16(2)3/h10-12,15H,4-9H2,1-3H3. The monoisotopic (exact) mass is 315 g/mol.